The van der Waals surface area contributed by atoms with Crippen molar-refractivity contribution < 1.29 is 4.74 Å². The lowest BCUT2D eigenvalue weighted by molar-refractivity contribution is 0.111. The van der Waals surface area contributed by atoms with Crippen molar-refractivity contribution in [3.05, 3.63) is 29.6 Å². The van der Waals surface area contributed by atoms with Gasteiger partial charge in [0.25, 0.3) is 0 Å². The number of hydrogen-bond acceptors (Lipinski definition) is 2. The maximum Gasteiger partial charge on any atom is 0.0731 e. The van der Waals surface area contributed by atoms with E-state index in [1.165, 1.54) is 18.4 Å². The molecule has 0 N–H and O–H groups in total. The molecule has 0 spiro atoms. The largest absolute Gasteiger partial charge is 0.376 e. The van der Waals surface area contributed by atoms with Crippen LogP contribution >= 0.6 is 0 Å². The van der Waals surface area contributed by atoms with Gasteiger partial charge in [-0.05, 0) is 36.8 Å². The quantitative estimate of drug-likeness (QED) is 0.713. The van der Waals surface area contributed by atoms with Crippen molar-refractivity contribution >= 4 is 0 Å². The van der Waals surface area contributed by atoms with Gasteiger partial charge in [-0.1, -0.05) is 13.0 Å². The molecule has 1 aromatic heterocycles. The zero-order valence-corrected chi connectivity index (χ0v) is 8.70. The summed E-state index contributed by atoms with van der Waals surface area (Å²) in [7, 11) is 0. The fraction of sp³-hybridized carbons (Fsp3) is 0.583. The molecule has 0 unspecified atom stereocenters. The molecular formula is C12H17NO. The van der Waals surface area contributed by atoms with E-state index in [4.69, 9.17) is 4.74 Å². The molecule has 2 nitrogen and oxygen atoms in total. The smallest absolute Gasteiger partial charge is 0.0731 e. The zero-order valence-electron chi connectivity index (χ0n) is 8.70. The lowest BCUT2D eigenvalue weighted by atomic mass is 10.2. The molecule has 0 bridgehead atoms. The van der Waals surface area contributed by atoms with Crippen molar-refractivity contribution in [2.75, 3.05) is 6.61 Å². The van der Waals surface area contributed by atoms with Crippen molar-refractivity contribution in [1.82, 2.24) is 4.98 Å². The maximum atomic E-state index is 5.58. The predicted octanol–water partition coefficient (Wildman–Crippen LogP) is 2.57. The van der Waals surface area contributed by atoms with E-state index < -0.39 is 0 Å². The number of rotatable bonds is 5. The maximum absolute atomic E-state index is 5.58. The topological polar surface area (TPSA) is 22.1 Å². The van der Waals surface area contributed by atoms with Gasteiger partial charge in [-0.15, -0.1) is 0 Å². The number of pyridine rings is 1. The first kappa shape index (κ1) is 9.66. The van der Waals surface area contributed by atoms with Gasteiger partial charge in [0, 0.05) is 18.5 Å². The van der Waals surface area contributed by atoms with Crippen LogP contribution in [0.5, 0.6) is 0 Å². The summed E-state index contributed by atoms with van der Waals surface area (Å²) in [5, 5.41) is 0. The highest BCUT2D eigenvalue weighted by atomic mass is 16.5. The lowest BCUT2D eigenvalue weighted by Crippen LogP contribution is -1.98. The summed E-state index contributed by atoms with van der Waals surface area (Å²) in [4.78, 5) is 4.33. The van der Waals surface area contributed by atoms with Crippen LogP contribution in [0.1, 0.15) is 31.0 Å². The average molecular weight is 191 g/mol. The van der Waals surface area contributed by atoms with E-state index in [9.17, 15) is 0 Å². The van der Waals surface area contributed by atoms with Crippen LogP contribution in [-0.2, 0) is 17.8 Å². The van der Waals surface area contributed by atoms with Gasteiger partial charge in [0.2, 0.25) is 0 Å². The van der Waals surface area contributed by atoms with E-state index in [0.29, 0.717) is 6.61 Å². The Bertz CT molecular complexity index is 277. The van der Waals surface area contributed by atoms with Gasteiger partial charge in [0.1, 0.15) is 0 Å². The molecule has 0 aromatic carbocycles. The molecule has 1 saturated carbocycles. The number of aryl methyl sites for hydroxylation is 1. The molecule has 1 aliphatic rings. The molecule has 1 fully saturated rings. The SMILES string of the molecule is CCc1ccc(COCC2CC2)cn1. The number of nitrogens with zero attached hydrogens (tertiary/aromatic N) is 1. The third kappa shape index (κ3) is 2.81. The van der Waals surface area contributed by atoms with Gasteiger partial charge in [0.05, 0.1) is 6.61 Å². The van der Waals surface area contributed by atoms with Crippen molar-refractivity contribution in [3.63, 3.8) is 0 Å². The van der Waals surface area contributed by atoms with E-state index in [0.717, 1.165) is 24.6 Å². The Balaban J connectivity index is 1.77. The van der Waals surface area contributed by atoms with Crippen molar-refractivity contribution in [1.29, 1.82) is 0 Å². The Kier molecular flexibility index (Phi) is 3.14. The second kappa shape index (κ2) is 4.56. The molecule has 0 saturated heterocycles. The molecule has 2 rings (SSSR count). The normalized spacial score (nSPS) is 15.8. The fourth-order valence-corrected chi connectivity index (χ4v) is 1.38. The van der Waals surface area contributed by atoms with E-state index in [-0.39, 0.29) is 0 Å². The first-order chi connectivity index (χ1) is 6.88. The summed E-state index contributed by atoms with van der Waals surface area (Å²) in [5.41, 5.74) is 2.33. The van der Waals surface area contributed by atoms with E-state index >= 15 is 0 Å². The number of ether oxygens (including phenoxy) is 1. The highest BCUT2D eigenvalue weighted by molar-refractivity contribution is 5.13. The Morgan fingerprint density at radius 2 is 2.29 bits per heavy atom. The Labute approximate surface area is 85.3 Å². The number of hydrogen-bond donors (Lipinski definition) is 0. The standard InChI is InChI=1S/C12H17NO/c1-2-12-6-5-11(7-13-12)9-14-8-10-3-4-10/h5-7,10H,2-4,8-9H2,1H3. The van der Waals surface area contributed by atoms with E-state index in [1.807, 2.05) is 6.20 Å². The minimum atomic E-state index is 0.716. The number of aromatic nitrogens is 1. The van der Waals surface area contributed by atoms with Crippen LogP contribution in [-0.4, -0.2) is 11.6 Å². The average Bonchev–Trinajstić information content (AvgIpc) is 3.03. The van der Waals surface area contributed by atoms with Crippen LogP contribution in [0.2, 0.25) is 0 Å². The van der Waals surface area contributed by atoms with Gasteiger partial charge in [0.15, 0.2) is 0 Å². The monoisotopic (exact) mass is 191 g/mol. The van der Waals surface area contributed by atoms with Gasteiger partial charge in [-0.2, -0.15) is 0 Å². The van der Waals surface area contributed by atoms with Gasteiger partial charge < -0.3 is 4.74 Å². The minimum Gasteiger partial charge on any atom is -0.376 e. The second-order valence-corrected chi connectivity index (χ2v) is 3.97. The molecule has 14 heavy (non-hydrogen) atoms. The first-order valence-electron chi connectivity index (χ1n) is 5.40. The fourth-order valence-electron chi connectivity index (χ4n) is 1.38. The molecule has 2 heteroatoms. The molecule has 1 heterocycles. The van der Waals surface area contributed by atoms with E-state index in [2.05, 4.69) is 24.0 Å². The molecule has 76 valence electrons. The molecule has 0 atom stereocenters. The van der Waals surface area contributed by atoms with Gasteiger partial charge >= 0.3 is 0 Å². The van der Waals surface area contributed by atoms with Crippen LogP contribution in [0, 0.1) is 5.92 Å². The summed E-state index contributed by atoms with van der Waals surface area (Å²) in [5.74, 6) is 0.845. The van der Waals surface area contributed by atoms with Crippen LogP contribution in [0.25, 0.3) is 0 Å². The third-order valence-corrected chi connectivity index (χ3v) is 2.57. The first-order valence-corrected chi connectivity index (χ1v) is 5.40. The summed E-state index contributed by atoms with van der Waals surface area (Å²) in [6.45, 7) is 3.76. The molecule has 0 aliphatic heterocycles. The van der Waals surface area contributed by atoms with Crippen LogP contribution in [0.15, 0.2) is 18.3 Å². The highest BCUT2D eigenvalue weighted by Gasteiger charge is 2.20. The Morgan fingerprint density at radius 3 is 2.86 bits per heavy atom. The van der Waals surface area contributed by atoms with Crippen LogP contribution in [0.3, 0.4) is 0 Å². The zero-order chi connectivity index (χ0) is 9.80. The van der Waals surface area contributed by atoms with Gasteiger partial charge in [-0.25, -0.2) is 0 Å². The van der Waals surface area contributed by atoms with Gasteiger partial charge in [-0.3, -0.25) is 4.98 Å². The second-order valence-electron chi connectivity index (χ2n) is 3.97. The molecule has 0 radical (unpaired) electrons. The Hall–Kier alpha value is -0.890. The van der Waals surface area contributed by atoms with E-state index in [1.54, 1.807) is 0 Å². The van der Waals surface area contributed by atoms with Crippen LogP contribution in [0.4, 0.5) is 0 Å². The molecular weight excluding hydrogens is 174 g/mol. The molecule has 0 amide bonds. The molecule has 1 aromatic rings. The lowest BCUT2D eigenvalue weighted by Gasteiger charge is -2.03. The Morgan fingerprint density at radius 1 is 1.43 bits per heavy atom. The summed E-state index contributed by atoms with van der Waals surface area (Å²) < 4.78 is 5.58. The van der Waals surface area contributed by atoms with Crippen molar-refractivity contribution in [2.45, 2.75) is 32.8 Å². The minimum absolute atomic E-state index is 0.716. The summed E-state index contributed by atoms with van der Waals surface area (Å²) in [6, 6.07) is 4.19. The highest BCUT2D eigenvalue weighted by Crippen LogP contribution is 2.28. The molecule has 1 aliphatic carbocycles. The summed E-state index contributed by atoms with van der Waals surface area (Å²) >= 11 is 0. The third-order valence-electron chi connectivity index (χ3n) is 2.57. The summed E-state index contributed by atoms with van der Waals surface area (Å²) in [6.07, 6.45) is 5.63. The van der Waals surface area contributed by atoms with Crippen LogP contribution < -0.4 is 0 Å². The van der Waals surface area contributed by atoms with Crippen molar-refractivity contribution in [2.24, 2.45) is 5.92 Å². The predicted molar refractivity (Wildman–Crippen MR) is 56.0 cm³/mol. The van der Waals surface area contributed by atoms with Crippen molar-refractivity contribution in [3.8, 4) is 0 Å².